The van der Waals surface area contributed by atoms with E-state index >= 15 is 0 Å². The number of nitrogens with one attached hydrogen (secondary N) is 1. The van der Waals surface area contributed by atoms with Crippen molar-refractivity contribution in [1.82, 2.24) is 4.98 Å². The summed E-state index contributed by atoms with van der Waals surface area (Å²) in [5.74, 6) is 0.132. The number of benzene rings is 1. The molecule has 1 aromatic carbocycles. The Kier molecular flexibility index (Phi) is 8.74. The van der Waals surface area contributed by atoms with Gasteiger partial charge in [0.05, 0.1) is 12.3 Å². The van der Waals surface area contributed by atoms with Gasteiger partial charge in [-0.15, -0.1) is 11.3 Å². The Morgan fingerprint density at radius 3 is 2.54 bits per heavy atom. The van der Waals surface area contributed by atoms with Crippen molar-refractivity contribution in [3.8, 4) is 5.75 Å². The molecule has 1 aromatic heterocycles. The zero-order chi connectivity index (χ0) is 20.4. The van der Waals surface area contributed by atoms with Crippen LogP contribution in [0.5, 0.6) is 5.75 Å². The van der Waals surface area contributed by atoms with Gasteiger partial charge >= 0.3 is 12.0 Å². The highest BCUT2D eigenvalue weighted by atomic mass is 32.1. The number of hydrogen-bond donors (Lipinski definition) is 1. The molecule has 0 spiro atoms. The van der Waals surface area contributed by atoms with Crippen LogP contribution in [0.25, 0.3) is 0 Å². The molecule has 0 aliphatic carbocycles. The van der Waals surface area contributed by atoms with Crippen LogP contribution in [0.1, 0.15) is 38.8 Å². The van der Waals surface area contributed by atoms with E-state index in [1.165, 1.54) is 11.3 Å². The topological polar surface area (TPSA) is 80.8 Å². The number of aryl methyl sites for hydroxylation is 1. The molecule has 0 atom stereocenters. The number of carbonyl (C=O) groups excluding carboxylic acids is 2. The van der Waals surface area contributed by atoms with Crippen LogP contribution in [-0.2, 0) is 9.53 Å². The summed E-state index contributed by atoms with van der Waals surface area (Å²) >= 11 is 1.40. The third-order valence-corrected chi connectivity index (χ3v) is 4.75. The fourth-order valence-corrected chi connectivity index (χ4v) is 3.18. The zero-order valence-corrected chi connectivity index (χ0v) is 17.4. The predicted octanol–water partition coefficient (Wildman–Crippen LogP) is 4.62. The quantitative estimate of drug-likeness (QED) is 0.461. The number of carbonyl (C=O) groups is 2. The van der Waals surface area contributed by atoms with E-state index in [4.69, 9.17) is 9.47 Å². The van der Waals surface area contributed by atoms with Gasteiger partial charge in [0.15, 0.2) is 11.7 Å². The molecule has 0 aliphatic rings. The Bertz CT molecular complexity index is 761. The van der Waals surface area contributed by atoms with Crippen LogP contribution in [0.15, 0.2) is 29.6 Å². The first-order chi connectivity index (χ1) is 13.5. The van der Waals surface area contributed by atoms with Crippen molar-refractivity contribution in [2.45, 2.75) is 40.0 Å². The molecule has 0 saturated heterocycles. The van der Waals surface area contributed by atoms with Crippen molar-refractivity contribution in [2.24, 2.45) is 0 Å². The van der Waals surface area contributed by atoms with E-state index in [2.05, 4.69) is 17.2 Å². The fourth-order valence-electron chi connectivity index (χ4n) is 2.51. The van der Waals surface area contributed by atoms with Gasteiger partial charge in [-0.2, -0.15) is 0 Å². The Hall–Kier alpha value is -2.61. The number of esters is 1. The number of ether oxygens (including phenoxy) is 2. The third kappa shape index (κ3) is 6.84. The second kappa shape index (κ2) is 11.3. The summed E-state index contributed by atoms with van der Waals surface area (Å²) in [5, 5.41) is 5.34. The highest BCUT2D eigenvalue weighted by Gasteiger charge is 2.17. The second-order valence-corrected chi connectivity index (χ2v) is 7.03. The SMILES string of the molecule is CCCCCN(C(=O)Nc1nc(C)cs1)c1ccc(OCC(=O)OCC)cc1. The van der Waals surface area contributed by atoms with Gasteiger partial charge in [0.1, 0.15) is 5.75 Å². The van der Waals surface area contributed by atoms with Crippen LogP contribution in [0.4, 0.5) is 15.6 Å². The van der Waals surface area contributed by atoms with E-state index < -0.39 is 5.97 Å². The molecule has 8 heteroatoms. The minimum atomic E-state index is -0.411. The molecule has 2 aromatic rings. The van der Waals surface area contributed by atoms with Crippen LogP contribution in [0, 0.1) is 6.92 Å². The van der Waals surface area contributed by atoms with Crippen molar-refractivity contribution in [1.29, 1.82) is 0 Å². The summed E-state index contributed by atoms with van der Waals surface area (Å²) in [4.78, 5) is 30.2. The minimum absolute atomic E-state index is 0.142. The Labute approximate surface area is 169 Å². The normalized spacial score (nSPS) is 10.4. The lowest BCUT2D eigenvalue weighted by Gasteiger charge is -2.23. The summed E-state index contributed by atoms with van der Waals surface area (Å²) in [6.45, 7) is 6.54. The molecule has 1 heterocycles. The molecular formula is C20H27N3O4S. The van der Waals surface area contributed by atoms with E-state index in [9.17, 15) is 9.59 Å². The minimum Gasteiger partial charge on any atom is -0.482 e. The summed E-state index contributed by atoms with van der Waals surface area (Å²) in [6.07, 6.45) is 3.02. The number of thiazole rings is 1. The molecule has 1 N–H and O–H groups in total. The van der Waals surface area contributed by atoms with Gasteiger partial charge < -0.3 is 9.47 Å². The molecule has 152 valence electrons. The first-order valence-electron chi connectivity index (χ1n) is 9.42. The van der Waals surface area contributed by atoms with Gasteiger partial charge in [-0.3, -0.25) is 10.2 Å². The van der Waals surface area contributed by atoms with Crippen LogP contribution in [0.2, 0.25) is 0 Å². The van der Waals surface area contributed by atoms with E-state index in [-0.39, 0.29) is 12.6 Å². The predicted molar refractivity (Wildman–Crippen MR) is 111 cm³/mol. The van der Waals surface area contributed by atoms with E-state index in [0.717, 1.165) is 30.6 Å². The zero-order valence-electron chi connectivity index (χ0n) is 16.6. The lowest BCUT2D eigenvalue weighted by molar-refractivity contribution is -0.145. The largest absolute Gasteiger partial charge is 0.482 e. The molecule has 0 aliphatic heterocycles. The van der Waals surface area contributed by atoms with E-state index in [1.807, 2.05) is 12.3 Å². The van der Waals surface area contributed by atoms with E-state index in [1.54, 1.807) is 36.1 Å². The summed E-state index contributed by atoms with van der Waals surface area (Å²) < 4.78 is 10.3. The van der Waals surface area contributed by atoms with Gasteiger partial charge in [-0.1, -0.05) is 19.8 Å². The van der Waals surface area contributed by atoms with Crippen molar-refractivity contribution in [3.05, 3.63) is 35.3 Å². The number of rotatable bonds is 10. The number of unbranched alkanes of at least 4 members (excludes halogenated alkanes) is 2. The van der Waals surface area contributed by atoms with Crippen molar-refractivity contribution >= 4 is 34.2 Å². The highest BCUT2D eigenvalue weighted by molar-refractivity contribution is 7.13. The molecule has 0 saturated carbocycles. The first kappa shape index (κ1) is 21.7. The smallest absolute Gasteiger partial charge is 0.344 e. The average molecular weight is 406 g/mol. The average Bonchev–Trinajstić information content (AvgIpc) is 3.09. The number of amides is 2. The van der Waals surface area contributed by atoms with Crippen LogP contribution in [-0.4, -0.2) is 36.7 Å². The molecule has 28 heavy (non-hydrogen) atoms. The van der Waals surface area contributed by atoms with Gasteiger partial charge in [-0.25, -0.2) is 14.6 Å². The van der Waals surface area contributed by atoms with E-state index in [0.29, 0.717) is 24.0 Å². The molecular weight excluding hydrogens is 378 g/mol. The van der Waals surface area contributed by atoms with Gasteiger partial charge in [0.25, 0.3) is 0 Å². The van der Waals surface area contributed by atoms with Crippen molar-refractivity contribution in [2.75, 3.05) is 30.0 Å². The standard InChI is InChI=1S/C20H27N3O4S/c1-4-6-7-12-23(20(25)22-19-21-15(3)14-28-19)16-8-10-17(11-9-16)27-13-18(24)26-5-2/h8-11,14H,4-7,12-13H2,1-3H3,(H,21,22,25). The third-order valence-electron chi connectivity index (χ3n) is 3.87. The molecule has 0 fully saturated rings. The second-order valence-electron chi connectivity index (χ2n) is 6.17. The number of nitrogens with zero attached hydrogens (tertiary/aromatic N) is 2. The maximum Gasteiger partial charge on any atom is 0.344 e. The number of urea groups is 1. The number of hydrogen-bond acceptors (Lipinski definition) is 6. The first-order valence-corrected chi connectivity index (χ1v) is 10.3. The van der Waals surface area contributed by atoms with Gasteiger partial charge in [0.2, 0.25) is 0 Å². The highest BCUT2D eigenvalue weighted by Crippen LogP contribution is 2.22. The molecule has 2 rings (SSSR count). The molecule has 7 nitrogen and oxygen atoms in total. The molecule has 0 bridgehead atoms. The Balaban J connectivity index is 2.04. The summed E-state index contributed by atoms with van der Waals surface area (Å²) in [6, 6.07) is 6.87. The van der Waals surface area contributed by atoms with Crippen LogP contribution < -0.4 is 15.0 Å². The summed E-state index contributed by atoms with van der Waals surface area (Å²) in [7, 11) is 0. The van der Waals surface area contributed by atoms with Crippen LogP contribution in [0.3, 0.4) is 0 Å². The molecule has 2 amide bonds. The fraction of sp³-hybridized carbons (Fsp3) is 0.450. The van der Waals surface area contributed by atoms with Crippen molar-refractivity contribution in [3.63, 3.8) is 0 Å². The summed E-state index contributed by atoms with van der Waals surface area (Å²) in [5.41, 5.74) is 1.63. The molecule has 0 unspecified atom stereocenters. The molecule has 0 radical (unpaired) electrons. The maximum atomic E-state index is 12.8. The maximum absolute atomic E-state index is 12.8. The lowest BCUT2D eigenvalue weighted by atomic mass is 10.2. The van der Waals surface area contributed by atoms with Gasteiger partial charge in [-0.05, 0) is 44.5 Å². The van der Waals surface area contributed by atoms with Crippen molar-refractivity contribution < 1.29 is 19.1 Å². The Morgan fingerprint density at radius 2 is 1.93 bits per heavy atom. The monoisotopic (exact) mass is 405 g/mol. The van der Waals surface area contributed by atoms with Crippen LogP contribution >= 0.6 is 11.3 Å². The number of anilines is 2. The lowest BCUT2D eigenvalue weighted by Crippen LogP contribution is -2.35. The Morgan fingerprint density at radius 1 is 1.18 bits per heavy atom. The number of aromatic nitrogens is 1. The van der Waals surface area contributed by atoms with Gasteiger partial charge in [0, 0.05) is 17.6 Å².